The van der Waals surface area contributed by atoms with E-state index < -0.39 is 0 Å². The molecule has 0 aliphatic heterocycles. The standard InChI is InChI=1S/C15H24N2O/c16-13-6-2-8-15(11-13)17-14-7-1-4-12(10-14)5-3-9-18/h1,4,7,10,13,15,17-18H,2-3,5-6,8-9,11,16H2. The lowest BCUT2D eigenvalue weighted by Gasteiger charge is -2.28. The van der Waals surface area contributed by atoms with Crippen molar-refractivity contribution >= 4 is 5.69 Å². The van der Waals surface area contributed by atoms with Gasteiger partial charge in [0.05, 0.1) is 0 Å². The monoisotopic (exact) mass is 248 g/mol. The van der Waals surface area contributed by atoms with Gasteiger partial charge in [0.1, 0.15) is 0 Å². The van der Waals surface area contributed by atoms with Gasteiger partial charge in [-0.05, 0) is 56.2 Å². The highest BCUT2D eigenvalue weighted by molar-refractivity contribution is 5.46. The van der Waals surface area contributed by atoms with Gasteiger partial charge in [0, 0.05) is 24.4 Å². The molecule has 1 fully saturated rings. The number of hydrogen-bond donors (Lipinski definition) is 3. The normalized spacial score (nSPS) is 23.9. The summed E-state index contributed by atoms with van der Waals surface area (Å²) in [6.45, 7) is 0.259. The Morgan fingerprint density at radius 3 is 3.00 bits per heavy atom. The number of aliphatic hydroxyl groups excluding tert-OH is 1. The second-order valence-electron chi connectivity index (χ2n) is 5.30. The molecule has 0 heterocycles. The maximum atomic E-state index is 8.86. The Morgan fingerprint density at radius 2 is 2.22 bits per heavy atom. The molecule has 0 spiro atoms. The lowest BCUT2D eigenvalue weighted by Crippen LogP contribution is -2.34. The van der Waals surface area contributed by atoms with Crippen molar-refractivity contribution in [3.63, 3.8) is 0 Å². The van der Waals surface area contributed by atoms with Gasteiger partial charge in [-0.15, -0.1) is 0 Å². The molecule has 0 bridgehead atoms. The summed E-state index contributed by atoms with van der Waals surface area (Å²) in [4.78, 5) is 0. The van der Waals surface area contributed by atoms with E-state index >= 15 is 0 Å². The van der Waals surface area contributed by atoms with E-state index in [0.717, 1.165) is 25.7 Å². The zero-order valence-electron chi connectivity index (χ0n) is 10.9. The Balaban J connectivity index is 1.91. The second-order valence-corrected chi connectivity index (χ2v) is 5.30. The first-order chi connectivity index (χ1) is 8.78. The van der Waals surface area contributed by atoms with Crippen molar-refractivity contribution in [2.24, 2.45) is 5.73 Å². The minimum atomic E-state index is 0.259. The van der Waals surface area contributed by atoms with E-state index in [-0.39, 0.29) is 6.61 Å². The van der Waals surface area contributed by atoms with Crippen LogP contribution in [0.2, 0.25) is 0 Å². The van der Waals surface area contributed by atoms with Gasteiger partial charge >= 0.3 is 0 Å². The van der Waals surface area contributed by atoms with Gasteiger partial charge in [-0.3, -0.25) is 0 Å². The van der Waals surface area contributed by atoms with Crippen molar-refractivity contribution in [2.45, 2.75) is 50.6 Å². The lowest BCUT2D eigenvalue weighted by atomic mass is 9.91. The predicted molar refractivity (Wildman–Crippen MR) is 75.7 cm³/mol. The van der Waals surface area contributed by atoms with Crippen molar-refractivity contribution in [2.75, 3.05) is 11.9 Å². The molecule has 100 valence electrons. The van der Waals surface area contributed by atoms with Gasteiger partial charge in [-0.1, -0.05) is 12.1 Å². The Hall–Kier alpha value is -1.06. The van der Waals surface area contributed by atoms with Crippen LogP contribution in [0.15, 0.2) is 24.3 Å². The summed E-state index contributed by atoms with van der Waals surface area (Å²) in [5, 5.41) is 12.4. The summed E-state index contributed by atoms with van der Waals surface area (Å²) < 4.78 is 0. The van der Waals surface area contributed by atoms with Gasteiger partial charge in [0.25, 0.3) is 0 Å². The van der Waals surface area contributed by atoms with E-state index in [0.29, 0.717) is 12.1 Å². The molecule has 0 radical (unpaired) electrons. The third kappa shape index (κ3) is 4.00. The summed E-state index contributed by atoms with van der Waals surface area (Å²) >= 11 is 0. The molecule has 4 N–H and O–H groups in total. The zero-order valence-corrected chi connectivity index (χ0v) is 10.9. The zero-order chi connectivity index (χ0) is 12.8. The highest BCUT2D eigenvalue weighted by Crippen LogP contribution is 2.22. The molecular weight excluding hydrogens is 224 g/mol. The summed E-state index contributed by atoms with van der Waals surface area (Å²) in [7, 11) is 0. The molecule has 1 aliphatic carbocycles. The van der Waals surface area contributed by atoms with Crippen LogP contribution in [0.3, 0.4) is 0 Å². The highest BCUT2D eigenvalue weighted by Gasteiger charge is 2.18. The lowest BCUT2D eigenvalue weighted by molar-refractivity contribution is 0.288. The van der Waals surface area contributed by atoms with Crippen LogP contribution in [0.4, 0.5) is 5.69 Å². The molecule has 2 unspecified atom stereocenters. The number of aliphatic hydroxyl groups is 1. The van der Waals surface area contributed by atoms with Crippen LogP contribution in [0, 0.1) is 0 Å². The van der Waals surface area contributed by atoms with Crippen molar-refractivity contribution in [3.05, 3.63) is 29.8 Å². The summed E-state index contributed by atoms with van der Waals surface area (Å²) in [5.41, 5.74) is 8.48. The summed E-state index contributed by atoms with van der Waals surface area (Å²) in [6.07, 6.45) is 6.45. The predicted octanol–water partition coefficient (Wildman–Crippen LogP) is 2.29. The molecule has 1 aliphatic rings. The highest BCUT2D eigenvalue weighted by atomic mass is 16.2. The molecule has 0 saturated heterocycles. The second kappa shape index (κ2) is 6.76. The van der Waals surface area contributed by atoms with Gasteiger partial charge in [0.15, 0.2) is 0 Å². The molecule has 2 atom stereocenters. The van der Waals surface area contributed by atoms with Gasteiger partial charge in [-0.25, -0.2) is 0 Å². The van der Waals surface area contributed by atoms with E-state index in [1.165, 1.54) is 24.1 Å². The fourth-order valence-corrected chi connectivity index (χ4v) is 2.69. The molecule has 18 heavy (non-hydrogen) atoms. The van der Waals surface area contributed by atoms with E-state index in [4.69, 9.17) is 10.8 Å². The number of anilines is 1. The first-order valence-corrected chi connectivity index (χ1v) is 7.00. The largest absolute Gasteiger partial charge is 0.396 e. The molecule has 3 heteroatoms. The molecule has 1 aromatic carbocycles. The Labute approximate surface area is 109 Å². The van der Waals surface area contributed by atoms with Crippen LogP contribution in [0.1, 0.15) is 37.7 Å². The van der Waals surface area contributed by atoms with E-state index in [2.05, 4.69) is 29.6 Å². The SMILES string of the molecule is NC1CCCC(Nc2cccc(CCCO)c2)C1. The van der Waals surface area contributed by atoms with Crippen LogP contribution in [-0.2, 0) is 6.42 Å². The third-order valence-corrected chi connectivity index (χ3v) is 3.64. The van der Waals surface area contributed by atoms with Crippen LogP contribution in [0.5, 0.6) is 0 Å². The van der Waals surface area contributed by atoms with E-state index in [1.54, 1.807) is 0 Å². The quantitative estimate of drug-likeness (QED) is 0.749. The molecule has 3 nitrogen and oxygen atoms in total. The minimum absolute atomic E-state index is 0.259. The van der Waals surface area contributed by atoms with Crippen molar-refractivity contribution in [1.82, 2.24) is 0 Å². The van der Waals surface area contributed by atoms with Crippen LogP contribution in [0.25, 0.3) is 0 Å². The van der Waals surface area contributed by atoms with Crippen molar-refractivity contribution in [1.29, 1.82) is 0 Å². The molecule has 1 aromatic rings. The minimum Gasteiger partial charge on any atom is -0.396 e. The van der Waals surface area contributed by atoms with Crippen LogP contribution >= 0.6 is 0 Å². The maximum absolute atomic E-state index is 8.86. The van der Waals surface area contributed by atoms with E-state index in [9.17, 15) is 0 Å². The van der Waals surface area contributed by atoms with Crippen molar-refractivity contribution in [3.8, 4) is 0 Å². The first-order valence-electron chi connectivity index (χ1n) is 7.00. The first kappa shape index (κ1) is 13.4. The maximum Gasteiger partial charge on any atom is 0.0434 e. The van der Waals surface area contributed by atoms with Gasteiger partial charge < -0.3 is 16.2 Å². The molecule has 2 rings (SSSR count). The Morgan fingerprint density at radius 1 is 1.33 bits per heavy atom. The summed E-state index contributed by atoms with van der Waals surface area (Å²) in [6, 6.07) is 9.37. The molecule has 0 aromatic heterocycles. The van der Waals surface area contributed by atoms with Gasteiger partial charge in [-0.2, -0.15) is 0 Å². The number of hydrogen-bond acceptors (Lipinski definition) is 3. The van der Waals surface area contributed by atoms with Crippen molar-refractivity contribution < 1.29 is 5.11 Å². The topological polar surface area (TPSA) is 58.3 Å². The van der Waals surface area contributed by atoms with Crippen LogP contribution in [-0.4, -0.2) is 23.8 Å². The number of rotatable bonds is 5. The number of aryl methyl sites for hydroxylation is 1. The number of nitrogens with one attached hydrogen (secondary N) is 1. The smallest absolute Gasteiger partial charge is 0.0434 e. The Kier molecular flexibility index (Phi) is 5.02. The molecule has 0 amide bonds. The molecular formula is C15H24N2O. The number of benzene rings is 1. The van der Waals surface area contributed by atoms with Gasteiger partial charge in [0.2, 0.25) is 0 Å². The van der Waals surface area contributed by atoms with Crippen LogP contribution < -0.4 is 11.1 Å². The fraction of sp³-hybridized carbons (Fsp3) is 0.600. The third-order valence-electron chi connectivity index (χ3n) is 3.64. The summed E-state index contributed by atoms with van der Waals surface area (Å²) in [5.74, 6) is 0. The average Bonchev–Trinajstić information content (AvgIpc) is 2.37. The molecule has 1 saturated carbocycles. The average molecular weight is 248 g/mol. The number of nitrogens with two attached hydrogens (primary N) is 1. The fourth-order valence-electron chi connectivity index (χ4n) is 2.69. The van der Waals surface area contributed by atoms with E-state index in [1.807, 2.05) is 0 Å². The Bertz CT molecular complexity index is 367.